The molecule has 0 amide bonds. The lowest BCUT2D eigenvalue weighted by Crippen LogP contribution is -2.06. The minimum atomic E-state index is 0.422. The van der Waals surface area contributed by atoms with Crippen LogP contribution >= 0.6 is 22.6 Å². The average Bonchev–Trinajstić information content (AvgIpc) is 2.42. The Kier molecular flexibility index (Phi) is 4.78. The van der Waals surface area contributed by atoms with E-state index >= 15 is 0 Å². The van der Waals surface area contributed by atoms with Gasteiger partial charge in [-0.3, -0.25) is 0 Å². The lowest BCUT2D eigenvalue weighted by Gasteiger charge is -2.12. The number of halogens is 1. The highest BCUT2D eigenvalue weighted by Gasteiger charge is 2.10. The van der Waals surface area contributed by atoms with E-state index in [4.69, 9.17) is 10.5 Å². The summed E-state index contributed by atoms with van der Waals surface area (Å²) in [7, 11) is 0. The van der Waals surface area contributed by atoms with Gasteiger partial charge in [0, 0.05) is 3.57 Å². The quantitative estimate of drug-likeness (QED) is 0.791. The standard InChI is InChI=1S/C13H15IN4O/c1-2-7-19-13-11(15)12(16-8-17-13)18-10-6-4-3-5-9(10)14/h3-6,8H,2,7,15H2,1H3,(H,16,17,18). The zero-order chi connectivity index (χ0) is 13.7. The van der Waals surface area contributed by atoms with Crippen molar-refractivity contribution in [3.05, 3.63) is 34.2 Å². The molecule has 19 heavy (non-hydrogen) atoms. The molecule has 6 heteroatoms. The number of anilines is 3. The molecule has 0 saturated carbocycles. The second-order valence-electron chi connectivity index (χ2n) is 3.89. The number of rotatable bonds is 5. The molecule has 0 aliphatic heterocycles. The van der Waals surface area contributed by atoms with Crippen LogP contribution in [0, 0.1) is 3.57 Å². The van der Waals surface area contributed by atoms with Gasteiger partial charge in [-0.25, -0.2) is 4.98 Å². The van der Waals surface area contributed by atoms with Gasteiger partial charge in [-0.2, -0.15) is 4.98 Å². The van der Waals surface area contributed by atoms with Crippen LogP contribution in [0.4, 0.5) is 17.2 Å². The third-order valence-corrected chi connectivity index (χ3v) is 3.36. The van der Waals surface area contributed by atoms with Crippen molar-refractivity contribution >= 4 is 39.8 Å². The van der Waals surface area contributed by atoms with Gasteiger partial charge < -0.3 is 15.8 Å². The first kappa shape index (κ1) is 13.9. The number of para-hydroxylation sites is 1. The van der Waals surface area contributed by atoms with Gasteiger partial charge in [-0.1, -0.05) is 19.1 Å². The van der Waals surface area contributed by atoms with Crippen LogP contribution in [0.15, 0.2) is 30.6 Å². The third kappa shape index (κ3) is 3.46. The van der Waals surface area contributed by atoms with Crippen LogP contribution in [-0.2, 0) is 0 Å². The zero-order valence-electron chi connectivity index (χ0n) is 10.6. The molecule has 2 aromatic rings. The summed E-state index contributed by atoms with van der Waals surface area (Å²) in [5, 5.41) is 3.19. The van der Waals surface area contributed by atoms with Crippen molar-refractivity contribution in [2.24, 2.45) is 0 Å². The molecule has 0 fully saturated rings. The summed E-state index contributed by atoms with van der Waals surface area (Å²) in [4.78, 5) is 8.19. The molecule has 0 saturated heterocycles. The number of hydrogen-bond donors (Lipinski definition) is 2. The fourth-order valence-electron chi connectivity index (χ4n) is 1.48. The summed E-state index contributed by atoms with van der Waals surface area (Å²) in [6.07, 6.45) is 2.35. The predicted octanol–water partition coefficient (Wildman–Crippen LogP) is 3.20. The van der Waals surface area contributed by atoms with Gasteiger partial charge in [-0.05, 0) is 41.1 Å². The Morgan fingerprint density at radius 1 is 1.32 bits per heavy atom. The maximum atomic E-state index is 6.01. The molecule has 2 rings (SSSR count). The summed E-state index contributed by atoms with van der Waals surface area (Å²) < 4.78 is 6.57. The Bertz CT molecular complexity index is 562. The van der Waals surface area contributed by atoms with Crippen LogP contribution in [0.3, 0.4) is 0 Å². The molecular formula is C13H15IN4O. The van der Waals surface area contributed by atoms with E-state index in [0.717, 1.165) is 15.7 Å². The van der Waals surface area contributed by atoms with Gasteiger partial charge in [-0.15, -0.1) is 0 Å². The lowest BCUT2D eigenvalue weighted by molar-refractivity contribution is 0.307. The van der Waals surface area contributed by atoms with Gasteiger partial charge in [0.2, 0.25) is 5.88 Å². The van der Waals surface area contributed by atoms with Crippen molar-refractivity contribution in [1.82, 2.24) is 9.97 Å². The summed E-state index contributed by atoms with van der Waals surface area (Å²) in [6, 6.07) is 7.91. The third-order valence-electron chi connectivity index (χ3n) is 2.42. The summed E-state index contributed by atoms with van der Waals surface area (Å²) in [5.41, 5.74) is 7.39. The number of nitrogens with zero attached hydrogens (tertiary/aromatic N) is 2. The van der Waals surface area contributed by atoms with Crippen LogP contribution in [0.5, 0.6) is 5.88 Å². The fourth-order valence-corrected chi connectivity index (χ4v) is 2.01. The molecule has 1 aromatic heterocycles. The van der Waals surface area contributed by atoms with E-state index in [1.165, 1.54) is 6.33 Å². The molecule has 100 valence electrons. The van der Waals surface area contributed by atoms with Gasteiger partial charge in [0.05, 0.1) is 12.3 Å². The van der Waals surface area contributed by atoms with Gasteiger partial charge in [0.1, 0.15) is 12.0 Å². The zero-order valence-corrected chi connectivity index (χ0v) is 12.7. The van der Waals surface area contributed by atoms with Gasteiger partial charge >= 0.3 is 0 Å². The first-order valence-electron chi connectivity index (χ1n) is 5.97. The predicted molar refractivity (Wildman–Crippen MR) is 84.7 cm³/mol. The smallest absolute Gasteiger partial charge is 0.242 e. The Morgan fingerprint density at radius 3 is 2.84 bits per heavy atom. The highest BCUT2D eigenvalue weighted by molar-refractivity contribution is 14.1. The van der Waals surface area contributed by atoms with Crippen molar-refractivity contribution < 1.29 is 4.74 Å². The summed E-state index contributed by atoms with van der Waals surface area (Å²) >= 11 is 2.25. The Balaban J connectivity index is 2.23. The molecule has 3 N–H and O–H groups in total. The van der Waals surface area contributed by atoms with Crippen molar-refractivity contribution in [3.63, 3.8) is 0 Å². The second kappa shape index (κ2) is 6.55. The lowest BCUT2D eigenvalue weighted by atomic mass is 10.3. The highest BCUT2D eigenvalue weighted by atomic mass is 127. The van der Waals surface area contributed by atoms with Crippen LogP contribution in [0.1, 0.15) is 13.3 Å². The highest BCUT2D eigenvalue weighted by Crippen LogP contribution is 2.29. The van der Waals surface area contributed by atoms with Crippen LogP contribution in [0.25, 0.3) is 0 Å². The number of benzene rings is 1. The van der Waals surface area contributed by atoms with Crippen molar-refractivity contribution in [3.8, 4) is 5.88 Å². The van der Waals surface area contributed by atoms with Crippen LogP contribution in [-0.4, -0.2) is 16.6 Å². The van der Waals surface area contributed by atoms with E-state index in [1.54, 1.807) is 0 Å². The Hall–Kier alpha value is -1.57. The maximum Gasteiger partial charge on any atom is 0.242 e. The first-order valence-corrected chi connectivity index (χ1v) is 7.05. The van der Waals surface area contributed by atoms with Crippen molar-refractivity contribution in [2.75, 3.05) is 17.7 Å². The second-order valence-corrected chi connectivity index (χ2v) is 5.06. The van der Waals surface area contributed by atoms with E-state index in [-0.39, 0.29) is 0 Å². The molecule has 1 aromatic carbocycles. The number of nitrogens with one attached hydrogen (secondary N) is 1. The van der Waals surface area contributed by atoms with E-state index in [1.807, 2.05) is 31.2 Å². The molecule has 0 spiro atoms. The van der Waals surface area contributed by atoms with Crippen molar-refractivity contribution in [2.45, 2.75) is 13.3 Å². The monoisotopic (exact) mass is 370 g/mol. The molecule has 0 unspecified atom stereocenters. The minimum absolute atomic E-state index is 0.422. The molecule has 1 heterocycles. The summed E-state index contributed by atoms with van der Waals surface area (Å²) in [5.74, 6) is 0.982. The van der Waals surface area contributed by atoms with Crippen LogP contribution < -0.4 is 15.8 Å². The molecule has 0 bridgehead atoms. The normalized spacial score (nSPS) is 10.2. The number of nitrogens with two attached hydrogens (primary N) is 1. The number of nitrogen functional groups attached to an aromatic ring is 1. The van der Waals surface area contributed by atoms with Gasteiger partial charge in [0.15, 0.2) is 5.82 Å². The average molecular weight is 370 g/mol. The largest absolute Gasteiger partial charge is 0.476 e. The van der Waals surface area contributed by atoms with E-state index < -0.39 is 0 Å². The molecule has 0 atom stereocenters. The maximum absolute atomic E-state index is 6.01. The van der Waals surface area contributed by atoms with Crippen molar-refractivity contribution in [1.29, 1.82) is 0 Å². The molecule has 5 nitrogen and oxygen atoms in total. The number of hydrogen-bond acceptors (Lipinski definition) is 5. The molecule has 0 aliphatic carbocycles. The first-order chi connectivity index (χ1) is 9.22. The fraction of sp³-hybridized carbons (Fsp3) is 0.231. The van der Waals surface area contributed by atoms with Crippen LogP contribution in [0.2, 0.25) is 0 Å². The minimum Gasteiger partial charge on any atom is -0.476 e. The molecular weight excluding hydrogens is 355 g/mol. The van der Waals surface area contributed by atoms with E-state index in [0.29, 0.717) is 24.0 Å². The van der Waals surface area contributed by atoms with E-state index in [9.17, 15) is 0 Å². The SMILES string of the molecule is CCCOc1ncnc(Nc2ccccc2I)c1N. The molecule has 0 aliphatic rings. The number of aromatic nitrogens is 2. The Labute approximate surface area is 125 Å². The topological polar surface area (TPSA) is 73.1 Å². The summed E-state index contributed by atoms with van der Waals surface area (Å²) in [6.45, 7) is 2.62. The Morgan fingerprint density at radius 2 is 2.11 bits per heavy atom. The van der Waals surface area contributed by atoms with E-state index in [2.05, 4.69) is 37.9 Å². The molecule has 0 radical (unpaired) electrons. The number of ether oxygens (including phenoxy) is 1. The van der Waals surface area contributed by atoms with Gasteiger partial charge in [0.25, 0.3) is 0 Å².